The van der Waals surface area contributed by atoms with Gasteiger partial charge < -0.3 is 20.1 Å². The van der Waals surface area contributed by atoms with E-state index >= 15 is 0 Å². The standard InChI is InChI=1S/C24H26F2N4O4/c1-14-11-27-12-19(28-14)34-22(32)30-24-9-15-5-16(10-24)8-23(7-15,13-24)29-20(31)17-3-2-4-18(6-17)33-21(25)26/h2-4,6,11-12,15-16,21H,5,7-10,13H2,1H3,(H,29,31)(H,30,32). The Kier molecular flexibility index (Phi) is 5.61. The predicted molar refractivity (Wildman–Crippen MR) is 117 cm³/mol. The molecule has 0 radical (unpaired) electrons. The van der Waals surface area contributed by atoms with Gasteiger partial charge in [0.25, 0.3) is 5.91 Å². The summed E-state index contributed by atoms with van der Waals surface area (Å²) in [5.41, 5.74) is -0.0538. The van der Waals surface area contributed by atoms with Crippen molar-refractivity contribution >= 4 is 12.0 Å². The van der Waals surface area contributed by atoms with E-state index < -0.39 is 23.8 Å². The van der Waals surface area contributed by atoms with Crippen molar-refractivity contribution in [2.24, 2.45) is 11.8 Å². The van der Waals surface area contributed by atoms with Gasteiger partial charge in [-0.3, -0.25) is 9.78 Å². The largest absolute Gasteiger partial charge is 0.435 e. The van der Waals surface area contributed by atoms with Gasteiger partial charge in [-0.2, -0.15) is 8.78 Å². The molecule has 8 nitrogen and oxygen atoms in total. The zero-order valence-corrected chi connectivity index (χ0v) is 18.7. The van der Waals surface area contributed by atoms with Crippen molar-refractivity contribution in [3.05, 3.63) is 47.9 Å². The normalized spacial score (nSPS) is 29.1. The van der Waals surface area contributed by atoms with Gasteiger partial charge in [0.05, 0.1) is 11.9 Å². The lowest BCUT2D eigenvalue weighted by Gasteiger charge is -2.62. The minimum absolute atomic E-state index is 0.0618. The number of rotatable bonds is 6. The van der Waals surface area contributed by atoms with Crippen LogP contribution in [0.15, 0.2) is 36.7 Å². The molecule has 180 valence electrons. The number of hydrogen-bond acceptors (Lipinski definition) is 6. The second kappa shape index (κ2) is 8.48. The molecule has 1 aromatic heterocycles. The molecular formula is C24H26F2N4O4. The molecule has 2 N–H and O–H groups in total. The van der Waals surface area contributed by atoms with Crippen LogP contribution in [0.3, 0.4) is 0 Å². The first-order valence-electron chi connectivity index (χ1n) is 11.4. The minimum atomic E-state index is -2.96. The fourth-order valence-electron chi connectivity index (χ4n) is 6.51. The first-order valence-corrected chi connectivity index (χ1v) is 11.4. The zero-order chi connectivity index (χ0) is 23.9. The van der Waals surface area contributed by atoms with E-state index in [1.54, 1.807) is 19.2 Å². The summed E-state index contributed by atoms with van der Waals surface area (Å²) in [6, 6.07) is 5.79. The summed E-state index contributed by atoms with van der Waals surface area (Å²) in [5, 5.41) is 6.26. The van der Waals surface area contributed by atoms with Crippen LogP contribution in [0.1, 0.15) is 54.6 Å². The number of nitrogens with one attached hydrogen (secondary N) is 2. The van der Waals surface area contributed by atoms with Gasteiger partial charge in [-0.15, -0.1) is 0 Å². The molecule has 0 spiro atoms. The molecular weight excluding hydrogens is 446 g/mol. The van der Waals surface area contributed by atoms with Crippen LogP contribution >= 0.6 is 0 Å². The average molecular weight is 472 g/mol. The van der Waals surface area contributed by atoms with Crippen molar-refractivity contribution in [3.8, 4) is 11.6 Å². The number of hydrogen-bond donors (Lipinski definition) is 2. The number of aromatic nitrogens is 2. The number of carbonyl (C=O) groups is 2. The molecule has 4 saturated carbocycles. The molecule has 2 atom stereocenters. The average Bonchev–Trinajstić information content (AvgIpc) is 2.71. The van der Waals surface area contributed by atoms with Crippen LogP contribution in [0.4, 0.5) is 13.6 Å². The van der Waals surface area contributed by atoms with Crippen molar-refractivity contribution in [1.82, 2.24) is 20.6 Å². The van der Waals surface area contributed by atoms with Crippen LogP contribution in [-0.4, -0.2) is 39.7 Å². The maximum absolute atomic E-state index is 13.1. The first-order chi connectivity index (χ1) is 16.2. The van der Waals surface area contributed by atoms with Gasteiger partial charge >= 0.3 is 12.7 Å². The Morgan fingerprint density at radius 1 is 1.09 bits per heavy atom. The number of alkyl halides is 2. The monoisotopic (exact) mass is 472 g/mol. The Balaban J connectivity index is 1.30. The van der Waals surface area contributed by atoms with Gasteiger partial charge in [-0.05, 0) is 75.5 Å². The molecule has 1 aromatic carbocycles. The van der Waals surface area contributed by atoms with E-state index in [0.717, 1.165) is 32.1 Å². The van der Waals surface area contributed by atoms with Crippen LogP contribution < -0.4 is 20.1 Å². The predicted octanol–water partition coefficient (Wildman–Crippen LogP) is 4.00. The smallest absolute Gasteiger partial charge is 0.414 e. The van der Waals surface area contributed by atoms with Crippen molar-refractivity contribution in [2.45, 2.75) is 63.1 Å². The summed E-state index contributed by atoms with van der Waals surface area (Å²) in [7, 11) is 0. The third-order valence-electron chi connectivity index (χ3n) is 7.06. The number of halogens is 2. The van der Waals surface area contributed by atoms with Crippen molar-refractivity contribution in [2.75, 3.05) is 0 Å². The molecule has 4 aliphatic carbocycles. The molecule has 2 aromatic rings. The van der Waals surface area contributed by atoms with Crippen LogP contribution in [0.2, 0.25) is 0 Å². The summed E-state index contributed by atoms with van der Waals surface area (Å²) in [6.45, 7) is -1.20. The Morgan fingerprint density at radius 2 is 1.79 bits per heavy atom. The number of benzene rings is 1. The maximum Gasteiger partial charge on any atom is 0.414 e. The van der Waals surface area contributed by atoms with Gasteiger partial charge in [0.2, 0.25) is 5.88 Å². The molecule has 0 saturated heterocycles. The summed E-state index contributed by atoms with van der Waals surface area (Å²) in [4.78, 5) is 34.0. The number of aryl methyl sites for hydroxylation is 1. The van der Waals surface area contributed by atoms with Crippen LogP contribution in [0.25, 0.3) is 0 Å². The SMILES string of the molecule is Cc1cncc(OC(=O)NC23CC4CC(C2)CC(NC(=O)c2cccc(OC(F)F)c2)(C4)C3)n1. The highest BCUT2D eigenvalue weighted by molar-refractivity contribution is 5.95. The number of ether oxygens (including phenoxy) is 2. The van der Waals surface area contributed by atoms with Crippen molar-refractivity contribution < 1.29 is 27.8 Å². The molecule has 0 aliphatic heterocycles. The molecule has 1 heterocycles. The molecule has 6 rings (SSSR count). The molecule has 10 heteroatoms. The number of amides is 2. The summed E-state index contributed by atoms with van der Waals surface area (Å²) < 4.78 is 34.9. The lowest BCUT2D eigenvalue weighted by molar-refractivity contribution is -0.0502. The van der Waals surface area contributed by atoms with E-state index in [0.29, 0.717) is 24.0 Å². The van der Waals surface area contributed by atoms with Crippen LogP contribution in [0, 0.1) is 18.8 Å². The fourth-order valence-corrected chi connectivity index (χ4v) is 6.51. The third-order valence-corrected chi connectivity index (χ3v) is 7.06. The lowest BCUT2D eigenvalue weighted by Crippen LogP contribution is -2.70. The van der Waals surface area contributed by atoms with E-state index in [2.05, 4.69) is 25.3 Å². The Bertz CT molecular complexity index is 1100. The molecule has 4 aliphatic rings. The van der Waals surface area contributed by atoms with E-state index in [1.807, 2.05) is 0 Å². The minimum Gasteiger partial charge on any atom is -0.435 e. The van der Waals surface area contributed by atoms with Crippen LogP contribution in [0.5, 0.6) is 11.6 Å². The number of carbonyl (C=O) groups excluding carboxylic acids is 2. The first kappa shape index (κ1) is 22.5. The fraction of sp³-hybridized carbons (Fsp3) is 0.500. The van der Waals surface area contributed by atoms with Crippen molar-refractivity contribution in [1.29, 1.82) is 0 Å². The summed E-state index contributed by atoms with van der Waals surface area (Å²) in [6.07, 6.45) is 7.33. The van der Waals surface area contributed by atoms with Gasteiger partial charge in [-0.25, -0.2) is 9.78 Å². The highest BCUT2D eigenvalue weighted by Gasteiger charge is 2.59. The zero-order valence-electron chi connectivity index (χ0n) is 18.7. The second-order valence-corrected chi connectivity index (χ2v) is 9.90. The van der Waals surface area contributed by atoms with E-state index in [1.165, 1.54) is 24.4 Å². The van der Waals surface area contributed by atoms with E-state index in [4.69, 9.17) is 4.74 Å². The Labute approximate surface area is 195 Å². The maximum atomic E-state index is 13.1. The molecule has 2 unspecified atom stereocenters. The van der Waals surface area contributed by atoms with Gasteiger partial charge in [0.15, 0.2) is 0 Å². The molecule has 34 heavy (non-hydrogen) atoms. The summed E-state index contributed by atoms with van der Waals surface area (Å²) >= 11 is 0. The second-order valence-electron chi connectivity index (χ2n) is 9.90. The van der Waals surface area contributed by atoms with Gasteiger partial charge in [0, 0.05) is 22.8 Å². The highest BCUT2D eigenvalue weighted by atomic mass is 19.3. The molecule has 4 fully saturated rings. The van der Waals surface area contributed by atoms with Gasteiger partial charge in [-0.1, -0.05) is 6.07 Å². The Morgan fingerprint density at radius 3 is 2.47 bits per heavy atom. The molecule has 2 amide bonds. The quantitative estimate of drug-likeness (QED) is 0.659. The third kappa shape index (κ3) is 4.67. The summed E-state index contributed by atoms with van der Waals surface area (Å²) in [5.74, 6) is 0.474. The highest BCUT2D eigenvalue weighted by Crippen LogP contribution is 2.57. The van der Waals surface area contributed by atoms with Crippen LogP contribution in [-0.2, 0) is 0 Å². The van der Waals surface area contributed by atoms with Gasteiger partial charge in [0.1, 0.15) is 5.75 Å². The topological polar surface area (TPSA) is 102 Å². The Hall–Kier alpha value is -3.30. The van der Waals surface area contributed by atoms with E-state index in [-0.39, 0.29) is 23.1 Å². The molecule has 4 bridgehead atoms. The number of nitrogens with zero attached hydrogens (tertiary/aromatic N) is 2. The van der Waals surface area contributed by atoms with E-state index in [9.17, 15) is 18.4 Å². The lowest BCUT2D eigenvalue weighted by atomic mass is 9.50. The van der Waals surface area contributed by atoms with Crippen molar-refractivity contribution in [3.63, 3.8) is 0 Å².